The monoisotopic (exact) mass is 418 g/mol. The molecule has 0 heterocycles. The third-order valence-corrected chi connectivity index (χ3v) is 4.49. The summed E-state index contributed by atoms with van der Waals surface area (Å²) in [5.41, 5.74) is 1.60. The van der Waals surface area contributed by atoms with Crippen molar-refractivity contribution in [3.05, 3.63) is 89.5 Å². The first-order valence-electron chi connectivity index (χ1n) is 9.45. The summed E-state index contributed by atoms with van der Waals surface area (Å²) in [6.07, 6.45) is 3.14. The summed E-state index contributed by atoms with van der Waals surface area (Å²) in [6.45, 7) is 0. The maximum Gasteiger partial charge on any atom is 0.343 e. The van der Waals surface area contributed by atoms with E-state index in [0.29, 0.717) is 34.1 Å². The fourth-order valence-electron chi connectivity index (χ4n) is 2.83. The van der Waals surface area contributed by atoms with Gasteiger partial charge in [-0.25, -0.2) is 4.79 Å². The summed E-state index contributed by atoms with van der Waals surface area (Å²) in [4.78, 5) is 24.8. The van der Waals surface area contributed by atoms with Crippen molar-refractivity contribution in [3.8, 4) is 23.0 Å². The zero-order chi connectivity index (χ0) is 22.2. The van der Waals surface area contributed by atoms with Crippen molar-refractivity contribution >= 4 is 17.8 Å². The van der Waals surface area contributed by atoms with Gasteiger partial charge in [-0.15, -0.1) is 0 Å². The molecule has 0 aliphatic carbocycles. The Morgan fingerprint density at radius 2 is 1.42 bits per heavy atom. The molecule has 0 saturated carbocycles. The van der Waals surface area contributed by atoms with Crippen LogP contribution in [0.3, 0.4) is 0 Å². The van der Waals surface area contributed by atoms with E-state index >= 15 is 0 Å². The Kier molecular flexibility index (Phi) is 7.06. The van der Waals surface area contributed by atoms with E-state index in [-0.39, 0.29) is 5.78 Å². The Hall–Kier alpha value is -4.06. The van der Waals surface area contributed by atoms with Crippen LogP contribution in [0, 0.1) is 0 Å². The number of allylic oxidation sites excluding steroid dienone is 1. The van der Waals surface area contributed by atoms with Gasteiger partial charge in [-0.05, 0) is 66.2 Å². The van der Waals surface area contributed by atoms with E-state index in [1.54, 1.807) is 73.8 Å². The second kappa shape index (κ2) is 10.1. The first kappa shape index (κ1) is 21.6. The molecule has 0 unspecified atom stereocenters. The average Bonchev–Trinajstić information content (AvgIpc) is 2.82. The fraction of sp³-hybridized carbons (Fsp3) is 0.120. The summed E-state index contributed by atoms with van der Waals surface area (Å²) in [5, 5.41) is 0. The quantitative estimate of drug-likeness (QED) is 0.226. The van der Waals surface area contributed by atoms with Gasteiger partial charge in [0.1, 0.15) is 11.5 Å². The van der Waals surface area contributed by atoms with Crippen molar-refractivity contribution in [1.29, 1.82) is 0 Å². The van der Waals surface area contributed by atoms with E-state index in [9.17, 15) is 9.59 Å². The Labute approximate surface area is 180 Å². The molecule has 3 rings (SSSR count). The lowest BCUT2D eigenvalue weighted by Gasteiger charge is -2.09. The number of esters is 1. The predicted octanol–water partition coefficient (Wildman–Crippen LogP) is 4.83. The number of carbonyl (C=O) groups excluding carboxylic acids is 2. The van der Waals surface area contributed by atoms with Crippen LogP contribution in [0.25, 0.3) is 6.08 Å². The van der Waals surface area contributed by atoms with E-state index < -0.39 is 5.97 Å². The third kappa shape index (κ3) is 5.51. The van der Waals surface area contributed by atoms with Crippen molar-refractivity contribution < 1.29 is 28.5 Å². The molecule has 0 aliphatic rings. The van der Waals surface area contributed by atoms with Crippen molar-refractivity contribution in [2.45, 2.75) is 0 Å². The van der Waals surface area contributed by atoms with Crippen LogP contribution in [-0.4, -0.2) is 33.1 Å². The molecule has 0 spiro atoms. The number of methoxy groups -OCH3 is 3. The highest BCUT2D eigenvalue weighted by molar-refractivity contribution is 6.06. The second-order valence-corrected chi connectivity index (χ2v) is 6.46. The molecule has 0 amide bonds. The predicted molar refractivity (Wildman–Crippen MR) is 117 cm³/mol. The highest BCUT2D eigenvalue weighted by Crippen LogP contribution is 2.28. The number of hydrogen-bond donors (Lipinski definition) is 0. The van der Waals surface area contributed by atoms with Crippen LogP contribution in [0.15, 0.2) is 72.8 Å². The lowest BCUT2D eigenvalue weighted by molar-refractivity contribution is 0.0734. The molecule has 0 fully saturated rings. The van der Waals surface area contributed by atoms with Gasteiger partial charge in [0.15, 0.2) is 17.3 Å². The normalized spacial score (nSPS) is 10.5. The van der Waals surface area contributed by atoms with Crippen molar-refractivity contribution in [2.75, 3.05) is 21.3 Å². The van der Waals surface area contributed by atoms with Crippen molar-refractivity contribution in [3.63, 3.8) is 0 Å². The van der Waals surface area contributed by atoms with Gasteiger partial charge in [0.25, 0.3) is 0 Å². The minimum atomic E-state index is -0.531. The van der Waals surface area contributed by atoms with Crippen LogP contribution in [0.1, 0.15) is 26.3 Å². The molecule has 6 heteroatoms. The summed E-state index contributed by atoms with van der Waals surface area (Å²) < 4.78 is 21.0. The molecule has 0 saturated heterocycles. The van der Waals surface area contributed by atoms with Crippen LogP contribution in [0.2, 0.25) is 0 Å². The molecule has 3 aromatic rings. The minimum Gasteiger partial charge on any atom is -0.497 e. The summed E-state index contributed by atoms with van der Waals surface area (Å²) in [5.74, 6) is 1.33. The Morgan fingerprint density at radius 3 is 2.10 bits per heavy atom. The lowest BCUT2D eigenvalue weighted by Crippen LogP contribution is -2.09. The molecule has 0 aromatic heterocycles. The van der Waals surface area contributed by atoms with Crippen LogP contribution in [0.5, 0.6) is 23.0 Å². The smallest absolute Gasteiger partial charge is 0.343 e. The number of carbonyl (C=O) groups is 2. The zero-order valence-electron chi connectivity index (χ0n) is 17.5. The molecule has 0 atom stereocenters. The third-order valence-electron chi connectivity index (χ3n) is 4.49. The Morgan fingerprint density at radius 1 is 0.710 bits per heavy atom. The van der Waals surface area contributed by atoms with Crippen LogP contribution in [-0.2, 0) is 0 Å². The number of benzene rings is 3. The van der Waals surface area contributed by atoms with E-state index in [2.05, 4.69) is 0 Å². The summed E-state index contributed by atoms with van der Waals surface area (Å²) >= 11 is 0. The average molecular weight is 418 g/mol. The molecule has 0 N–H and O–H groups in total. The molecular weight excluding hydrogens is 396 g/mol. The number of ether oxygens (including phenoxy) is 4. The number of hydrogen-bond acceptors (Lipinski definition) is 6. The second-order valence-electron chi connectivity index (χ2n) is 6.46. The van der Waals surface area contributed by atoms with Crippen LogP contribution < -0.4 is 18.9 Å². The van der Waals surface area contributed by atoms with E-state index in [1.807, 2.05) is 6.07 Å². The maximum absolute atomic E-state index is 12.5. The molecule has 0 aliphatic heterocycles. The highest BCUT2D eigenvalue weighted by Gasteiger charge is 2.13. The molecular formula is C25H22O6. The van der Waals surface area contributed by atoms with Gasteiger partial charge in [0.05, 0.1) is 26.9 Å². The van der Waals surface area contributed by atoms with Gasteiger partial charge >= 0.3 is 5.97 Å². The van der Waals surface area contributed by atoms with Crippen molar-refractivity contribution in [2.24, 2.45) is 0 Å². The topological polar surface area (TPSA) is 71.1 Å². The van der Waals surface area contributed by atoms with E-state index in [1.165, 1.54) is 20.3 Å². The first-order valence-corrected chi connectivity index (χ1v) is 9.45. The van der Waals surface area contributed by atoms with Crippen molar-refractivity contribution in [1.82, 2.24) is 0 Å². The first-order chi connectivity index (χ1) is 15.0. The highest BCUT2D eigenvalue weighted by atomic mass is 16.5. The minimum absolute atomic E-state index is 0.143. The molecule has 0 radical (unpaired) electrons. The molecule has 6 nitrogen and oxygen atoms in total. The van der Waals surface area contributed by atoms with Crippen LogP contribution in [0.4, 0.5) is 0 Å². The van der Waals surface area contributed by atoms with Gasteiger partial charge < -0.3 is 18.9 Å². The Bertz CT molecular complexity index is 1100. The van der Waals surface area contributed by atoms with E-state index in [4.69, 9.17) is 18.9 Å². The fourth-order valence-corrected chi connectivity index (χ4v) is 2.83. The molecule has 31 heavy (non-hydrogen) atoms. The van der Waals surface area contributed by atoms with Gasteiger partial charge in [0, 0.05) is 5.56 Å². The number of rotatable bonds is 8. The molecule has 3 aromatic carbocycles. The standard InChI is InChI=1S/C25H22O6/c1-28-20-11-8-18(9-12-20)22(26)13-7-17-5-4-6-21(15-17)31-25(27)19-10-14-23(29-2)24(16-19)30-3/h4-16H,1-3H3/b13-7+. The summed E-state index contributed by atoms with van der Waals surface area (Å²) in [7, 11) is 4.59. The lowest BCUT2D eigenvalue weighted by atomic mass is 10.1. The van der Waals surface area contributed by atoms with Crippen LogP contribution >= 0.6 is 0 Å². The van der Waals surface area contributed by atoms with Gasteiger partial charge in [0.2, 0.25) is 0 Å². The van der Waals surface area contributed by atoms with E-state index in [0.717, 1.165) is 5.56 Å². The SMILES string of the molecule is COc1ccc(C(=O)/C=C/c2cccc(OC(=O)c3ccc(OC)c(OC)c3)c2)cc1. The summed E-state index contributed by atoms with van der Waals surface area (Å²) in [6, 6.07) is 18.6. The number of ketones is 1. The largest absolute Gasteiger partial charge is 0.497 e. The molecule has 0 bridgehead atoms. The Balaban J connectivity index is 1.70. The molecule has 158 valence electrons. The van der Waals surface area contributed by atoms with Gasteiger partial charge in [-0.2, -0.15) is 0 Å². The van der Waals surface area contributed by atoms with Gasteiger partial charge in [-0.1, -0.05) is 18.2 Å². The maximum atomic E-state index is 12.5. The van der Waals surface area contributed by atoms with Gasteiger partial charge in [-0.3, -0.25) is 4.79 Å². The zero-order valence-corrected chi connectivity index (χ0v) is 17.5.